The number of carbonyl (C=O) groups excluding carboxylic acids is 1. The Morgan fingerprint density at radius 1 is 1.03 bits per heavy atom. The van der Waals surface area contributed by atoms with Gasteiger partial charge in [-0.1, -0.05) is 24.3 Å². The van der Waals surface area contributed by atoms with Crippen LogP contribution in [0.1, 0.15) is 5.56 Å². The van der Waals surface area contributed by atoms with E-state index >= 15 is 0 Å². The zero-order chi connectivity index (χ0) is 21.5. The van der Waals surface area contributed by atoms with Crippen molar-refractivity contribution >= 4 is 22.5 Å². The Balaban J connectivity index is 1.75. The zero-order valence-corrected chi connectivity index (χ0v) is 15.7. The Morgan fingerprint density at radius 2 is 1.80 bits per heavy atom. The highest BCUT2D eigenvalue weighted by Crippen LogP contribution is 2.36. The molecule has 2 heterocycles. The van der Waals surface area contributed by atoms with E-state index in [1.807, 2.05) is 0 Å². The molecule has 6 nitrogen and oxygen atoms in total. The maximum Gasteiger partial charge on any atom is 0.417 e. The molecule has 0 spiro atoms. The third-order valence-corrected chi connectivity index (χ3v) is 5.13. The Kier molecular flexibility index (Phi) is 4.98. The van der Waals surface area contributed by atoms with Crippen LogP contribution in [0.15, 0.2) is 53.3 Å². The van der Waals surface area contributed by atoms with Gasteiger partial charge >= 0.3 is 12.2 Å². The second-order valence-corrected chi connectivity index (χ2v) is 6.97. The molecule has 0 atom stereocenters. The monoisotopic (exact) mass is 417 g/mol. The molecule has 156 valence electrons. The normalized spacial score (nSPS) is 14.7. The number of benzene rings is 2. The summed E-state index contributed by atoms with van der Waals surface area (Å²) in [5, 5.41) is 9.78. The van der Waals surface area contributed by atoms with E-state index in [0.717, 1.165) is 6.07 Å². The molecule has 1 saturated heterocycles. The lowest BCUT2D eigenvalue weighted by Gasteiger charge is -2.18. The molecule has 30 heavy (non-hydrogen) atoms. The van der Waals surface area contributed by atoms with E-state index in [-0.39, 0.29) is 35.8 Å². The van der Waals surface area contributed by atoms with Gasteiger partial charge in [0.15, 0.2) is 0 Å². The quantitative estimate of drug-likeness (QED) is 0.683. The first-order valence-corrected chi connectivity index (χ1v) is 9.30. The fraction of sp³-hybridized carbons (Fsp3) is 0.238. The van der Waals surface area contributed by atoms with Crippen molar-refractivity contribution in [1.82, 2.24) is 9.88 Å². The predicted molar refractivity (Wildman–Crippen MR) is 106 cm³/mol. The molecule has 2 amide bonds. The molecule has 2 N–H and O–H groups in total. The fourth-order valence-electron chi connectivity index (χ4n) is 3.68. The average Bonchev–Trinajstić information content (AvgIpc) is 3.08. The number of hydrogen-bond acceptors (Lipinski definition) is 3. The molecule has 1 aromatic heterocycles. The standard InChI is InChI=1S/C21H18F3N3O3/c22-21(23,24)17-4-2-1-3-15(17)18-11-13-5-6-14(12-16(13)19(29)25-18)27-8-7-26(9-10-28)20(27)30/h1-6,11-12,28H,7-10H2,(H,25,29). The van der Waals surface area contributed by atoms with Crippen LogP contribution in [0.5, 0.6) is 0 Å². The molecule has 0 aliphatic carbocycles. The van der Waals surface area contributed by atoms with Crippen LogP contribution in [-0.4, -0.2) is 47.3 Å². The van der Waals surface area contributed by atoms with Crippen molar-refractivity contribution in [3.8, 4) is 11.3 Å². The number of aliphatic hydroxyl groups excluding tert-OH is 1. The molecule has 1 aliphatic heterocycles. The van der Waals surface area contributed by atoms with Gasteiger partial charge in [0.2, 0.25) is 0 Å². The van der Waals surface area contributed by atoms with Gasteiger partial charge < -0.3 is 15.0 Å². The van der Waals surface area contributed by atoms with Crippen LogP contribution >= 0.6 is 0 Å². The molecular weight excluding hydrogens is 399 g/mol. The van der Waals surface area contributed by atoms with Crippen molar-refractivity contribution in [1.29, 1.82) is 0 Å². The highest BCUT2D eigenvalue weighted by Gasteiger charge is 2.33. The van der Waals surface area contributed by atoms with Crippen LogP contribution in [0.25, 0.3) is 22.0 Å². The van der Waals surface area contributed by atoms with E-state index in [1.54, 1.807) is 18.2 Å². The van der Waals surface area contributed by atoms with E-state index < -0.39 is 17.3 Å². The number of nitrogens with one attached hydrogen (secondary N) is 1. The van der Waals surface area contributed by atoms with Gasteiger partial charge in [0.1, 0.15) is 0 Å². The van der Waals surface area contributed by atoms with Crippen LogP contribution < -0.4 is 10.5 Å². The van der Waals surface area contributed by atoms with Crippen LogP contribution in [-0.2, 0) is 6.18 Å². The third-order valence-electron chi connectivity index (χ3n) is 5.13. The lowest BCUT2D eigenvalue weighted by Crippen LogP contribution is -2.33. The van der Waals surface area contributed by atoms with Crippen molar-refractivity contribution in [3.05, 3.63) is 64.4 Å². The second kappa shape index (κ2) is 7.49. The van der Waals surface area contributed by atoms with E-state index in [1.165, 1.54) is 34.1 Å². The summed E-state index contributed by atoms with van der Waals surface area (Å²) in [7, 11) is 0. The maximum absolute atomic E-state index is 13.3. The van der Waals surface area contributed by atoms with Crippen LogP contribution in [0.3, 0.4) is 0 Å². The number of urea groups is 1. The number of aromatic amines is 1. The molecular formula is C21H18F3N3O3. The summed E-state index contributed by atoms with van der Waals surface area (Å²) >= 11 is 0. The summed E-state index contributed by atoms with van der Waals surface area (Å²) in [5.74, 6) is 0. The highest BCUT2D eigenvalue weighted by atomic mass is 19.4. The number of amides is 2. The number of aromatic nitrogens is 1. The number of fused-ring (bicyclic) bond motifs is 1. The number of hydrogen-bond donors (Lipinski definition) is 2. The minimum atomic E-state index is -4.55. The molecule has 1 fully saturated rings. The van der Waals surface area contributed by atoms with E-state index in [0.29, 0.717) is 24.2 Å². The number of H-pyrrole nitrogens is 1. The first kappa shape index (κ1) is 20.0. The third kappa shape index (κ3) is 3.52. The van der Waals surface area contributed by atoms with Crippen LogP contribution in [0, 0.1) is 0 Å². The molecule has 0 unspecified atom stereocenters. The van der Waals surface area contributed by atoms with Crippen LogP contribution in [0.2, 0.25) is 0 Å². The molecule has 9 heteroatoms. The number of nitrogens with zero attached hydrogens (tertiary/aromatic N) is 2. The topological polar surface area (TPSA) is 76.6 Å². The Labute approximate surface area is 169 Å². The fourth-order valence-corrected chi connectivity index (χ4v) is 3.68. The second-order valence-electron chi connectivity index (χ2n) is 6.97. The molecule has 0 bridgehead atoms. The van der Waals surface area contributed by atoms with E-state index in [2.05, 4.69) is 4.98 Å². The predicted octanol–water partition coefficient (Wildman–Crippen LogP) is 3.45. The van der Waals surface area contributed by atoms with Crippen molar-refractivity contribution in [2.75, 3.05) is 31.1 Å². The number of rotatable bonds is 4. The smallest absolute Gasteiger partial charge is 0.395 e. The molecule has 3 aromatic rings. The van der Waals surface area contributed by atoms with Gasteiger partial charge in [-0.3, -0.25) is 9.69 Å². The van der Waals surface area contributed by atoms with Crippen molar-refractivity contribution < 1.29 is 23.1 Å². The first-order valence-electron chi connectivity index (χ1n) is 9.30. The van der Waals surface area contributed by atoms with E-state index in [4.69, 9.17) is 5.11 Å². The van der Waals surface area contributed by atoms with Crippen molar-refractivity contribution in [2.24, 2.45) is 0 Å². The number of aliphatic hydroxyl groups is 1. The summed E-state index contributed by atoms with van der Waals surface area (Å²) in [6, 6.07) is 11.1. The minimum absolute atomic E-state index is 0.0690. The Bertz CT molecular complexity index is 1170. The summed E-state index contributed by atoms with van der Waals surface area (Å²) in [5.41, 5.74) is -0.896. The van der Waals surface area contributed by atoms with E-state index in [9.17, 15) is 22.8 Å². The molecule has 4 rings (SSSR count). The average molecular weight is 417 g/mol. The van der Waals surface area contributed by atoms with Gasteiger partial charge in [-0.15, -0.1) is 0 Å². The lowest BCUT2D eigenvalue weighted by atomic mass is 10.0. The van der Waals surface area contributed by atoms with Gasteiger partial charge in [0.25, 0.3) is 5.56 Å². The van der Waals surface area contributed by atoms with Gasteiger partial charge in [0, 0.05) is 42.0 Å². The zero-order valence-electron chi connectivity index (χ0n) is 15.7. The maximum atomic E-state index is 13.3. The first-order chi connectivity index (χ1) is 14.3. The SMILES string of the molecule is O=C1N(CCO)CCN1c1ccc2cc(-c3ccccc3C(F)(F)F)[nH]c(=O)c2c1. The molecule has 1 aliphatic rings. The number of halogens is 3. The number of β-amino-alcohol motifs (C(OH)–C–C–N with tert-alkyl or cyclic N) is 1. The minimum Gasteiger partial charge on any atom is -0.395 e. The largest absolute Gasteiger partial charge is 0.417 e. The van der Waals surface area contributed by atoms with Crippen LogP contribution in [0.4, 0.5) is 23.7 Å². The van der Waals surface area contributed by atoms with Crippen molar-refractivity contribution in [3.63, 3.8) is 0 Å². The van der Waals surface area contributed by atoms with Gasteiger partial charge in [-0.25, -0.2) is 4.79 Å². The number of pyridine rings is 1. The van der Waals surface area contributed by atoms with Gasteiger partial charge in [-0.2, -0.15) is 13.2 Å². The number of alkyl halides is 3. The van der Waals surface area contributed by atoms with Crippen molar-refractivity contribution in [2.45, 2.75) is 6.18 Å². The summed E-state index contributed by atoms with van der Waals surface area (Å²) in [4.78, 5) is 30.6. The summed E-state index contributed by atoms with van der Waals surface area (Å²) in [6.07, 6.45) is -4.55. The summed E-state index contributed by atoms with van der Waals surface area (Å²) in [6.45, 7) is 0.963. The molecule has 0 saturated carbocycles. The Morgan fingerprint density at radius 3 is 2.53 bits per heavy atom. The number of carbonyl (C=O) groups is 1. The van der Waals surface area contributed by atoms with Gasteiger partial charge in [0.05, 0.1) is 12.2 Å². The number of anilines is 1. The molecule has 0 radical (unpaired) electrons. The molecule has 2 aromatic carbocycles. The summed E-state index contributed by atoms with van der Waals surface area (Å²) < 4.78 is 40.0. The Hall–Kier alpha value is -3.33. The lowest BCUT2D eigenvalue weighted by molar-refractivity contribution is -0.137. The highest BCUT2D eigenvalue weighted by molar-refractivity contribution is 5.97. The van der Waals surface area contributed by atoms with Gasteiger partial charge in [-0.05, 0) is 29.7 Å².